The number of carbonyl (C=O) groups is 1. The SMILES string of the molecule is COC(=O)CC(B1OC(C)(C)C(C)(C)O1)c1cccc(-c2ccc(Cl)cc2)c1. The van der Waals surface area contributed by atoms with E-state index in [1.54, 1.807) is 0 Å². The summed E-state index contributed by atoms with van der Waals surface area (Å²) in [4.78, 5) is 12.1. The number of rotatable bonds is 5. The third kappa shape index (κ3) is 4.27. The predicted octanol–water partition coefficient (Wildman–Crippen LogP) is 5.29. The molecule has 0 amide bonds. The second-order valence-electron chi connectivity index (χ2n) is 8.14. The van der Waals surface area contributed by atoms with Gasteiger partial charge in [0, 0.05) is 10.8 Å². The van der Waals surface area contributed by atoms with Crippen LogP contribution in [0.1, 0.15) is 45.5 Å². The van der Waals surface area contributed by atoms with Crippen LogP contribution in [-0.2, 0) is 18.8 Å². The normalized spacial score (nSPS) is 18.7. The predicted molar refractivity (Wildman–Crippen MR) is 112 cm³/mol. The minimum absolute atomic E-state index is 0.178. The fraction of sp³-hybridized carbons (Fsp3) is 0.409. The molecule has 0 radical (unpaired) electrons. The molecule has 4 nitrogen and oxygen atoms in total. The monoisotopic (exact) mass is 400 g/mol. The van der Waals surface area contributed by atoms with Gasteiger partial charge in [-0.3, -0.25) is 4.79 Å². The van der Waals surface area contributed by atoms with E-state index >= 15 is 0 Å². The van der Waals surface area contributed by atoms with Gasteiger partial charge in [0.1, 0.15) is 0 Å². The molecular weight excluding hydrogens is 375 g/mol. The van der Waals surface area contributed by atoms with E-state index in [9.17, 15) is 4.79 Å². The standard InChI is InChI=1S/C22H26BClO4/c1-21(2)22(3,4)28-23(27-21)19(14-20(25)26-5)17-8-6-7-16(13-17)15-9-11-18(24)12-10-15/h6-13,19H,14H2,1-5H3. The van der Waals surface area contributed by atoms with Crippen LogP contribution < -0.4 is 0 Å². The lowest BCUT2D eigenvalue weighted by Gasteiger charge is -2.32. The highest BCUT2D eigenvalue weighted by atomic mass is 35.5. The molecule has 28 heavy (non-hydrogen) atoms. The third-order valence-electron chi connectivity index (χ3n) is 5.71. The third-order valence-corrected chi connectivity index (χ3v) is 5.96. The Morgan fingerprint density at radius 2 is 1.64 bits per heavy atom. The van der Waals surface area contributed by atoms with Crippen LogP contribution in [0.5, 0.6) is 0 Å². The van der Waals surface area contributed by atoms with Gasteiger partial charge in [0.05, 0.1) is 24.7 Å². The molecule has 1 saturated heterocycles. The topological polar surface area (TPSA) is 44.8 Å². The minimum Gasteiger partial charge on any atom is -0.469 e. The summed E-state index contributed by atoms with van der Waals surface area (Å²) in [7, 11) is 0.859. The van der Waals surface area contributed by atoms with Crippen LogP contribution in [0.15, 0.2) is 48.5 Å². The fourth-order valence-corrected chi connectivity index (χ4v) is 3.40. The van der Waals surface area contributed by atoms with Crippen molar-refractivity contribution in [1.29, 1.82) is 0 Å². The molecule has 3 rings (SSSR count). The fourth-order valence-electron chi connectivity index (χ4n) is 3.28. The minimum atomic E-state index is -0.537. The zero-order valence-electron chi connectivity index (χ0n) is 17.0. The van der Waals surface area contributed by atoms with E-state index in [0.717, 1.165) is 16.7 Å². The van der Waals surface area contributed by atoms with Gasteiger partial charge in [-0.1, -0.05) is 48.0 Å². The highest BCUT2D eigenvalue weighted by Gasteiger charge is 2.54. The maximum atomic E-state index is 12.1. The van der Waals surface area contributed by atoms with Crippen molar-refractivity contribution in [3.8, 4) is 11.1 Å². The van der Waals surface area contributed by atoms with Crippen molar-refractivity contribution in [2.24, 2.45) is 0 Å². The van der Waals surface area contributed by atoms with Crippen LogP contribution in [0, 0.1) is 0 Å². The molecule has 0 saturated carbocycles. The van der Waals surface area contributed by atoms with E-state index in [-0.39, 0.29) is 18.2 Å². The number of hydrogen-bond donors (Lipinski definition) is 0. The highest BCUT2D eigenvalue weighted by molar-refractivity contribution is 6.48. The first-order valence-corrected chi connectivity index (χ1v) is 9.79. The average molecular weight is 401 g/mol. The van der Waals surface area contributed by atoms with Crippen LogP contribution in [0.2, 0.25) is 5.02 Å². The average Bonchev–Trinajstić information content (AvgIpc) is 2.87. The molecule has 0 aliphatic carbocycles. The number of hydrogen-bond acceptors (Lipinski definition) is 4. The number of benzene rings is 2. The quantitative estimate of drug-likeness (QED) is 0.505. The van der Waals surface area contributed by atoms with Crippen molar-refractivity contribution in [2.45, 2.75) is 51.1 Å². The van der Waals surface area contributed by atoms with E-state index in [4.69, 9.17) is 25.6 Å². The molecule has 2 aromatic rings. The van der Waals surface area contributed by atoms with Crippen LogP contribution in [-0.4, -0.2) is 31.4 Å². The first-order valence-electron chi connectivity index (χ1n) is 9.41. The lowest BCUT2D eigenvalue weighted by atomic mass is 9.66. The molecule has 1 atom stereocenters. The molecule has 148 valence electrons. The van der Waals surface area contributed by atoms with Gasteiger partial charge in [0.2, 0.25) is 0 Å². The Balaban J connectivity index is 1.96. The lowest BCUT2D eigenvalue weighted by molar-refractivity contribution is -0.140. The molecule has 0 spiro atoms. The summed E-state index contributed by atoms with van der Waals surface area (Å²) >= 11 is 6.01. The van der Waals surface area contributed by atoms with Gasteiger partial charge in [-0.15, -0.1) is 0 Å². The van der Waals surface area contributed by atoms with Crippen molar-refractivity contribution < 1.29 is 18.8 Å². The van der Waals surface area contributed by atoms with Crippen LogP contribution in [0.4, 0.5) is 0 Å². The Morgan fingerprint density at radius 1 is 1.04 bits per heavy atom. The molecule has 1 aliphatic rings. The van der Waals surface area contributed by atoms with Gasteiger partial charge in [0.25, 0.3) is 0 Å². The van der Waals surface area contributed by atoms with E-state index in [1.165, 1.54) is 7.11 Å². The summed E-state index contributed by atoms with van der Waals surface area (Å²) in [5.74, 6) is -0.572. The zero-order chi connectivity index (χ0) is 20.5. The molecule has 1 heterocycles. The maximum Gasteiger partial charge on any atom is 0.466 e. The Labute approximate surface area is 172 Å². The van der Waals surface area contributed by atoms with Gasteiger partial charge in [-0.05, 0) is 56.5 Å². The molecule has 0 N–H and O–H groups in total. The maximum absolute atomic E-state index is 12.1. The molecule has 1 fully saturated rings. The first kappa shape index (κ1) is 20.9. The van der Waals surface area contributed by atoms with Crippen LogP contribution in [0.3, 0.4) is 0 Å². The summed E-state index contributed by atoms with van der Waals surface area (Å²) in [5, 5.41) is 0.695. The summed E-state index contributed by atoms with van der Waals surface area (Å²) in [6.45, 7) is 8.03. The van der Waals surface area contributed by atoms with Gasteiger partial charge < -0.3 is 14.0 Å². The molecule has 6 heteroatoms. The largest absolute Gasteiger partial charge is 0.469 e. The van der Waals surface area contributed by atoms with Crippen LogP contribution >= 0.6 is 11.6 Å². The van der Waals surface area contributed by atoms with Gasteiger partial charge in [-0.2, -0.15) is 0 Å². The smallest absolute Gasteiger partial charge is 0.466 e. The van der Waals surface area contributed by atoms with Crippen LogP contribution in [0.25, 0.3) is 11.1 Å². The summed E-state index contributed by atoms with van der Waals surface area (Å²) in [6.07, 6.45) is 0.178. The molecule has 2 aromatic carbocycles. The summed E-state index contributed by atoms with van der Waals surface area (Å²) in [6, 6.07) is 15.8. The van der Waals surface area contributed by atoms with E-state index in [2.05, 4.69) is 6.07 Å². The second-order valence-corrected chi connectivity index (χ2v) is 8.58. The first-order chi connectivity index (χ1) is 13.1. The van der Waals surface area contributed by atoms with Crippen molar-refractivity contribution >= 4 is 24.7 Å². The Bertz CT molecular complexity index is 832. The van der Waals surface area contributed by atoms with Crippen molar-refractivity contribution in [2.75, 3.05) is 7.11 Å². The van der Waals surface area contributed by atoms with Gasteiger partial charge in [-0.25, -0.2) is 0 Å². The highest BCUT2D eigenvalue weighted by Crippen LogP contribution is 2.42. The van der Waals surface area contributed by atoms with Gasteiger partial charge >= 0.3 is 13.1 Å². The molecular formula is C22H26BClO4. The van der Waals surface area contributed by atoms with E-state index < -0.39 is 18.3 Å². The van der Waals surface area contributed by atoms with Crippen molar-refractivity contribution in [1.82, 2.24) is 0 Å². The summed E-state index contributed by atoms with van der Waals surface area (Å²) in [5.41, 5.74) is 2.12. The van der Waals surface area contributed by atoms with Crippen molar-refractivity contribution in [3.63, 3.8) is 0 Å². The number of methoxy groups -OCH3 is 1. The second kappa shape index (κ2) is 7.90. The number of esters is 1. The molecule has 1 aliphatic heterocycles. The molecule has 0 bridgehead atoms. The number of carbonyl (C=O) groups excluding carboxylic acids is 1. The Kier molecular flexibility index (Phi) is 5.90. The van der Waals surface area contributed by atoms with E-state index in [1.807, 2.05) is 70.2 Å². The molecule has 1 unspecified atom stereocenters. The Morgan fingerprint density at radius 3 is 2.21 bits per heavy atom. The Hall–Kier alpha value is -1.82. The lowest BCUT2D eigenvalue weighted by Crippen LogP contribution is -2.41. The van der Waals surface area contributed by atoms with Crippen molar-refractivity contribution in [3.05, 3.63) is 59.1 Å². The van der Waals surface area contributed by atoms with Gasteiger partial charge in [0.15, 0.2) is 0 Å². The molecule has 0 aromatic heterocycles. The number of halogens is 1. The number of ether oxygens (including phenoxy) is 1. The van der Waals surface area contributed by atoms with E-state index in [0.29, 0.717) is 5.02 Å². The summed E-state index contributed by atoms with van der Waals surface area (Å²) < 4.78 is 17.4. The zero-order valence-corrected chi connectivity index (χ0v) is 17.7.